The summed E-state index contributed by atoms with van der Waals surface area (Å²) >= 11 is 9.54. The lowest BCUT2D eigenvalue weighted by Crippen LogP contribution is -2.51. The SMILES string of the molecule is Cc1ccc(CN(CC(=O)N2CCN(c3cc(Cl)ccc3C)CC2)S(=O)(=O)c2ccc(Br)cc2)cc1. The van der Waals surface area contributed by atoms with Gasteiger partial charge >= 0.3 is 0 Å². The van der Waals surface area contributed by atoms with E-state index in [-0.39, 0.29) is 23.9 Å². The van der Waals surface area contributed by atoms with Gasteiger partial charge in [0.1, 0.15) is 0 Å². The molecule has 0 N–H and O–H groups in total. The highest BCUT2D eigenvalue weighted by Gasteiger charge is 2.30. The average molecular weight is 591 g/mol. The standard InChI is InChI=1S/C27H29BrClN3O3S/c1-20-3-6-22(7-4-20)18-32(36(34,35)25-11-8-23(28)9-12-25)19-27(33)31-15-13-30(14-16-31)26-17-24(29)10-5-21(26)2/h3-12,17H,13-16,18-19H2,1-2H3. The number of piperazine rings is 1. The molecule has 9 heteroatoms. The Morgan fingerprint density at radius 2 is 1.58 bits per heavy atom. The molecule has 0 aliphatic carbocycles. The number of amides is 1. The van der Waals surface area contributed by atoms with E-state index in [0.717, 1.165) is 26.9 Å². The first-order chi connectivity index (χ1) is 17.1. The molecule has 1 aliphatic heterocycles. The van der Waals surface area contributed by atoms with E-state index in [1.807, 2.05) is 56.3 Å². The van der Waals surface area contributed by atoms with E-state index in [9.17, 15) is 13.2 Å². The monoisotopic (exact) mass is 589 g/mol. The Hall–Kier alpha value is -2.39. The van der Waals surface area contributed by atoms with E-state index >= 15 is 0 Å². The van der Waals surface area contributed by atoms with Crippen LogP contribution in [-0.2, 0) is 21.4 Å². The lowest BCUT2D eigenvalue weighted by molar-refractivity contribution is -0.131. The van der Waals surface area contributed by atoms with Crippen LogP contribution in [0, 0.1) is 13.8 Å². The Morgan fingerprint density at radius 3 is 2.22 bits per heavy atom. The van der Waals surface area contributed by atoms with Crippen LogP contribution in [0.25, 0.3) is 0 Å². The zero-order chi connectivity index (χ0) is 25.9. The first-order valence-electron chi connectivity index (χ1n) is 11.7. The Balaban J connectivity index is 1.50. The summed E-state index contributed by atoms with van der Waals surface area (Å²) in [4.78, 5) is 17.4. The molecule has 0 unspecified atom stereocenters. The van der Waals surface area contributed by atoms with Crippen molar-refractivity contribution in [1.29, 1.82) is 0 Å². The van der Waals surface area contributed by atoms with Crippen LogP contribution in [0.1, 0.15) is 16.7 Å². The Kier molecular flexibility index (Phi) is 8.40. The molecular weight excluding hydrogens is 562 g/mol. The van der Waals surface area contributed by atoms with Crippen molar-refractivity contribution < 1.29 is 13.2 Å². The fraction of sp³-hybridized carbons (Fsp3) is 0.296. The second-order valence-corrected chi connectivity index (χ2v) is 12.3. The normalized spacial score (nSPS) is 14.4. The van der Waals surface area contributed by atoms with E-state index in [4.69, 9.17) is 11.6 Å². The Bertz CT molecular complexity index is 1320. The summed E-state index contributed by atoms with van der Waals surface area (Å²) in [5, 5.41) is 0.680. The second-order valence-electron chi connectivity index (χ2n) is 9.01. The average Bonchev–Trinajstić information content (AvgIpc) is 2.86. The Morgan fingerprint density at radius 1 is 0.944 bits per heavy atom. The van der Waals surface area contributed by atoms with Crippen molar-refractivity contribution in [1.82, 2.24) is 9.21 Å². The summed E-state index contributed by atoms with van der Waals surface area (Å²) < 4.78 is 29.2. The number of anilines is 1. The minimum atomic E-state index is -3.88. The van der Waals surface area contributed by atoms with Crippen molar-refractivity contribution in [3.63, 3.8) is 0 Å². The summed E-state index contributed by atoms with van der Waals surface area (Å²) in [6, 6.07) is 20.0. The summed E-state index contributed by atoms with van der Waals surface area (Å²) in [5.41, 5.74) is 4.11. The van der Waals surface area contributed by atoms with Gasteiger partial charge in [0.25, 0.3) is 0 Å². The van der Waals surface area contributed by atoms with Crippen LogP contribution in [0.2, 0.25) is 5.02 Å². The highest BCUT2D eigenvalue weighted by atomic mass is 79.9. The van der Waals surface area contributed by atoms with Crippen molar-refractivity contribution in [2.75, 3.05) is 37.6 Å². The molecule has 0 saturated carbocycles. The van der Waals surface area contributed by atoms with Crippen LogP contribution < -0.4 is 4.90 Å². The van der Waals surface area contributed by atoms with Gasteiger partial charge in [-0.05, 0) is 61.4 Å². The van der Waals surface area contributed by atoms with E-state index < -0.39 is 10.0 Å². The Labute approximate surface area is 226 Å². The van der Waals surface area contributed by atoms with E-state index in [1.54, 1.807) is 29.2 Å². The number of hydrogen-bond acceptors (Lipinski definition) is 4. The van der Waals surface area contributed by atoms with Crippen LogP contribution in [0.3, 0.4) is 0 Å². The van der Waals surface area contributed by atoms with E-state index in [0.29, 0.717) is 31.2 Å². The molecule has 1 saturated heterocycles. The summed E-state index contributed by atoms with van der Waals surface area (Å²) in [6.07, 6.45) is 0. The van der Waals surface area contributed by atoms with Crippen molar-refractivity contribution in [3.8, 4) is 0 Å². The molecule has 0 bridgehead atoms. The molecule has 3 aromatic rings. The molecule has 1 aliphatic rings. The van der Waals surface area contributed by atoms with Crippen molar-refractivity contribution >= 4 is 49.1 Å². The van der Waals surface area contributed by atoms with Gasteiger partial charge in [-0.2, -0.15) is 4.31 Å². The third-order valence-corrected chi connectivity index (χ3v) is 8.96. The van der Waals surface area contributed by atoms with Crippen molar-refractivity contribution in [2.24, 2.45) is 0 Å². The third-order valence-electron chi connectivity index (χ3n) is 6.39. The number of sulfonamides is 1. The zero-order valence-corrected chi connectivity index (χ0v) is 23.5. The number of aryl methyl sites for hydroxylation is 2. The van der Waals surface area contributed by atoms with Gasteiger partial charge in [-0.25, -0.2) is 8.42 Å². The van der Waals surface area contributed by atoms with Crippen LogP contribution >= 0.6 is 27.5 Å². The lowest BCUT2D eigenvalue weighted by atomic mass is 10.1. The molecule has 3 aromatic carbocycles. The van der Waals surface area contributed by atoms with Crippen LogP contribution in [0.4, 0.5) is 5.69 Å². The van der Waals surface area contributed by atoms with Crippen molar-refractivity contribution in [2.45, 2.75) is 25.3 Å². The maximum Gasteiger partial charge on any atom is 0.243 e. The maximum absolute atomic E-state index is 13.6. The number of halogens is 2. The fourth-order valence-electron chi connectivity index (χ4n) is 4.25. The van der Waals surface area contributed by atoms with Crippen LogP contribution in [0.5, 0.6) is 0 Å². The van der Waals surface area contributed by atoms with Gasteiger partial charge < -0.3 is 9.80 Å². The fourth-order valence-corrected chi connectivity index (χ4v) is 6.06. The van der Waals surface area contributed by atoms with Gasteiger partial charge in [0.2, 0.25) is 15.9 Å². The number of nitrogens with zero attached hydrogens (tertiary/aromatic N) is 3. The lowest BCUT2D eigenvalue weighted by Gasteiger charge is -2.37. The van der Waals surface area contributed by atoms with Gasteiger partial charge in [-0.1, -0.05) is 63.4 Å². The minimum absolute atomic E-state index is 0.117. The van der Waals surface area contributed by atoms with Crippen LogP contribution in [0.15, 0.2) is 76.1 Å². The zero-order valence-electron chi connectivity index (χ0n) is 20.3. The molecule has 190 valence electrons. The molecule has 1 heterocycles. The molecule has 0 radical (unpaired) electrons. The largest absolute Gasteiger partial charge is 0.368 e. The predicted octanol–water partition coefficient (Wildman–Crippen LogP) is 5.26. The molecule has 36 heavy (non-hydrogen) atoms. The number of carbonyl (C=O) groups is 1. The molecule has 6 nitrogen and oxygen atoms in total. The summed E-state index contributed by atoms with van der Waals surface area (Å²) in [6.45, 7) is 6.26. The minimum Gasteiger partial charge on any atom is -0.368 e. The van der Waals surface area contributed by atoms with E-state index in [1.165, 1.54) is 4.31 Å². The van der Waals surface area contributed by atoms with Gasteiger partial charge in [-0.15, -0.1) is 0 Å². The molecular formula is C27H29BrClN3O3S. The predicted molar refractivity (Wildman–Crippen MR) is 148 cm³/mol. The number of carbonyl (C=O) groups excluding carboxylic acids is 1. The highest BCUT2D eigenvalue weighted by Crippen LogP contribution is 2.26. The van der Waals surface area contributed by atoms with Crippen molar-refractivity contribution in [3.05, 3.63) is 92.9 Å². The van der Waals surface area contributed by atoms with Crippen LogP contribution in [-0.4, -0.2) is 56.3 Å². The smallest absolute Gasteiger partial charge is 0.243 e. The quantitative estimate of drug-likeness (QED) is 0.377. The first kappa shape index (κ1) is 26.7. The van der Waals surface area contributed by atoms with Gasteiger partial charge in [0, 0.05) is 47.9 Å². The topological polar surface area (TPSA) is 60.9 Å². The maximum atomic E-state index is 13.6. The summed E-state index contributed by atoms with van der Waals surface area (Å²) in [5.74, 6) is -0.203. The molecule has 0 atom stereocenters. The molecule has 0 aromatic heterocycles. The van der Waals surface area contributed by atoms with Gasteiger partial charge in [-0.3, -0.25) is 4.79 Å². The van der Waals surface area contributed by atoms with Gasteiger partial charge in [0.15, 0.2) is 0 Å². The highest BCUT2D eigenvalue weighted by molar-refractivity contribution is 9.10. The molecule has 0 spiro atoms. The number of hydrogen-bond donors (Lipinski definition) is 0. The molecule has 1 amide bonds. The van der Waals surface area contributed by atoms with E-state index in [2.05, 4.69) is 20.8 Å². The third kappa shape index (κ3) is 6.29. The number of rotatable bonds is 7. The second kappa shape index (κ2) is 11.3. The summed E-state index contributed by atoms with van der Waals surface area (Å²) in [7, 11) is -3.88. The molecule has 1 fully saturated rings. The first-order valence-corrected chi connectivity index (χ1v) is 14.3. The molecule has 4 rings (SSSR count). The number of benzene rings is 3. The van der Waals surface area contributed by atoms with Gasteiger partial charge in [0.05, 0.1) is 11.4 Å².